The summed E-state index contributed by atoms with van der Waals surface area (Å²) in [4.78, 5) is 0. The summed E-state index contributed by atoms with van der Waals surface area (Å²) in [5, 5.41) is 4.89. The van der Waals surface area contributed by atoms with Crippen LogP contribution >= 0.6 is 23.2 Å². The van der Waals surface area contributed by atoms with E-state index in [4.69, 9.17) is 23.2 Å². The van der Waals surface area contributed by atoms with E-state index in [-0.39, 0.29) is 0 Å². The van der Waals surface area contributed by atoms with Gasteiger partial charge in [-0.15, -0.1) is 0 Å². The first-order chi connectivity index (χ1) is 10.1. The fourth-order valence-corrected chi connectivity index (χ4v) is 3.09. The van der Waals surface area contributed by atoms with Crippen molar-refractivity contribution in [3.8, 4) is 0 Å². The lowest BCUT2D eigenvalue weighted by Crippen LogP contribution is -2.23. The van der Waals surface area contributed by atoms with E-state index < -0.39 is 0 Å². The molecule has 2 aromatic rings. The third-order valence-corrected chi connectivity index (χ3v) is 4.34. The largest absolute Gasteiger partial charge is 0.316 e. The molecule has 1 N–H and O–H groups in total. The van der Waals surface area contributed by atoms with Gasteiger partial charge in [0.25, 0.3) is 0 Å². The highest BCUT2D eigenvalue weighted by Gasteiger charge is 2.15. The molecule has 112 valence electrons. The smallest absolute Gasteiger partial charge is 0.0453 e. The Labute approximate surface area is 137 Å². The van der Waals surface area contributed by atoms with Gasteiger partial charge in [0.2, 0.25) is 0 Å². The van der Waals surface area contributed by atoms with Crippen molar-refractivity contribution < 1.29 is 0 Å². The van der Waals surface area contributed by atoms with Gasteiger partial charge in [0.05, 0.1) is 0 Å². The average Bonchev–Trinajstić information content (AvgIpc) is 2.46. The van der Waals surface area contributed by atoms with Gasteiger partial charge in [0.15, 0.2) is 0 Å². The van der Waals surface area contributed by atoms with Crippen LogP contribution in [0.1, 0.15) is 29.5 Å². The number of likely N-dealkylation sites (N-methyl/N-ethyl adjacent to an activating group) is 1. The van der Waals surface area contributed by atoms with E-state index >= 15 is 0 Å². The number of aryl methyl sites for hydroxylation is 1. The highest BCUT2D eigenvalue weighted by Crippen LogP contribution is 2.28. The molecule has 2 rings (SSSR count). The van der Waals surface area contributed by atoms with Gasteiger partial charge in [-0.1, -0.05) is 60.5 Å². The minimum Gasteiger partial charge on any atom is -0.316 e. The average molecular weight is 322 g/mol. The maximum atomic E-state index is 6.33. The van der Waals surface area contributed by atoms with E-state index in [1.54, 1.807) is 0 Å². The predicted molar refractivity (Wildman–Crippen MR) is 92.6 cm³/mol. The summed E-state index contributed by atoms with van der Waals surface area (Å²) in [7, 11) is 0. The molecule has 0 aliphatic rings. The molecule has 0 fully saturated rings. The molecule has 0 radical (unpaired) electrons. The molecule has 21 heavy (non-hydrogen) atoms. The fourth-order valence-electron chi connectivity index (χ4n) is 2.61. The Morgan fingerprint density at radius 1 is 1.10 bits per heavy atom. The minimum atomic E-state index is 0.407. The first-order valence-corrected chi connectivity index (χ1v) is 8.07. The lowest BCUT2D eigenvalue weighted by Gasteiger charge is -2.20. The van der Waals surface area contributed by atoms with E-state index in [1.807, 2.05) is 18.2 Å². The van der Waals surface area contributed by atoms with Crippen molar-refractivity contribution in [1.29, 1.82) is 0 Å². The van der Waals surface area contributed by atoms with E-state index in [2.05, 4.69) is 43.4 Å². The maximum Gasteiger partial charge on any atom is 0.0453 e. The molecule has 0 aliphatic carbocycles. The van der Waals surface area contributed by atoms with Gasteiger partial charge in [0, 0.05) is 22.5 Å². The molecule has 0 amide bonds. The molecule has 0 heterocycles. The van der Waals surface area contributed by atoms with E-state index in [0.717, 1.165) is 30.1 Å². The van der Waals surface area contributed by atoms with Crippen LogP contribution in [-0.2, 0) is 6.42 Å². The molecule has 0 aliphatic heterocycles. The zero-order valence-electron chi connectivity index (χ0n) is 12.5. The molecule has 1 atom stereocenters. The molecule has 2 aromatic carbocycles. The third-order valence-electron chi connectivity index (χ3n) is 3.75. The van der Waals surface area contributed by atoms with Gasteiger partial charge >= 0.3 is 0 Å². The maximum absolute atomic E-state index is 6.33. The molecule has 0 saturated heterocycles. The van der Waals surface area contributed by atoms with Gasteiger partial charge in [-0.3, -0.25) is 0 Å². The van der Waals surface area contributed by atoms with Crippen molar-refractivity contribution in [2.24, 2.45) is 0 Å². The molecular weight excluding hydrogens is 301 g/mol. The Bertz CT molecular complexity index is 596. The third kappa shape index (κ3) is 4.47. The highest BCUT2D eigenvalue weighted by molar-refractivity contribution is 6.35. The van der Waals surface area contributed by atoms with Crippen molar-refractivity contribution in [3.05, 3.63) is 69.2 Å². The number of nitrogens with one attached hydrogen (secondary N) is 1. The van der Waals surface area contributed by atoms with Gasteiger partial charge in [-0.05, 0) is 48.7 Å². The molecule has 0 aromatic heterocycles. The molecule has 0 bridgehead atoms. The minimum absolute atomic E-state index is 0.407. The van der Waals surface area contributed by atoms with Gasteiger partial charge < -0.3 is 5.32 Å². The van der Waals surface area contributed by atoms with Crippen molar-refractivity contribution in [1.82, 2.24) is 5.32 Å². The number of hydrogen-bond acceptors (Lipinski definition) is 1. The summed E-state index contributed by atoms with van der Waals surface area (Å²) in [5.41, 5.74) is 3.85. The monoisotopic (exact) mass is 321 g/mol. The van der Waals surface area contributed by atoms with Gasteiger partial charge in [0.1, 0.15) is 0 Å². The standard InChI is InChI=1S/C18H21Cl2N/c1-3-21-12-15(17-7-5-4-6-13(17)2)10-14-8-9-16(19)11-18(14)20/h4-9,11,15,21H,3,10,12H2,1-2H3. The summed E-state index contributed by atoms with van der Waals surface area (Å²) in [5.74, 6) is 0.407. The van der Waals surface area contributed by atoms with Crippen LogP contribution in [0.25, 0.3) is 0 Å². The number of halogens is 2. The number of hydrogen-bond donors (Lipinski definition) is 1. The Morgan fingerprint density at radius 3 is 2.52 bits per heavy atom. The van der Waals surface area contributed by atoms with Gasteiger partial charge in [-0.25, -0.2) is 0 Å². The summed E-state index contributed by atoms with van der Waals surface area (Å²) in [6.45, 7) is 6.21. The SMILES string of the molecule is CCNCC(Cc1ccc(Cl)cc1Cl)c1ccccc1C. The van der Waals surface area contributed by atoms with Crippen LogP contribution in [0.2, 0.25) is 10.0 Å². The van der Waals surface area contributed by atoms with Gasteiger partial charge in [-0.2, -0.15) is 0 Å². The first-order valence-electron chi connectivity index (χ1n) is 7.32. The second kappa shape index (κ2) is 7.84. The fraction of sp³-hybridized carbons (Fsp3) is 0.333. The van der Waals surface area contributed by atoms with Crippen LogP contribution in [0.15, 0.2) is 42.5 Å². The van der Waals surface area contributed by atoms with Crippen molar-refractivity contribution >= 4 is 23.2 Å². The van der Waals surface area contributed by atoms with E-state index in [0.29, 0.717) is 10.9 Å². The van der Waals surface area contributed by atoms with Crippen molar-refractivity contribution in [2.75, 3.05) is 13.1 Å². The van der Waals surface area contributed by atoms with Crippen LogP contribution in [0.4, 0.5) is 0 Å². The molecule has 1 unspecified atom stereocenters. The zero-order chi connectivity index (χ0) is 15.2. The van der Waals surface area contributed by atoms with Crippen molar-refractivity contribution in [3.63, 3.8) is 0 Å². The highest BCUT2D eigenvalue weighted by atomic mass is 35.5. The Balaban J connectivity index is 2.26. The summed E-state index contributed by atoms with van der Waals surface area (Å²) in [6, 6.07) is 14.3. The molecule has 3 heteroatoms. The first kappa shape index (κ1) is 16.4. The lowest BCUT2D eigenvalue weighted by molar-refractivity contribution is 0.593. The zero-order valence-corrected chi connectivity index (χ0v) is 14.0. The quantitative estimate of drug-likeness (QED) is 0.767. The molecule has 1 nitrogen and oxygen atoms in total. The number of rotatable bonds is 6. The van der Waals surface area contributed by atoms with Crippen LogP contribution in [0, 0.1) is 6.92 Å². The van der Waals surface area contributed by atoms with Crippen molar-refractivity contribution in [2.45, 2.75) is 26.2 Å². The Kier molecular flexibility index (Phi) is 6.10. The van der Waals surface area contributed by atoms with Crippen LogP contribution in [0.3, 0.4) is 0 Å². The lowest BCUT2D eigenvalue weighted by atomic mass is 9.89. The summed E-state index contributed by atoms with van der Waals surface area (Å²) >= 11 is 12.3. The van der Waals surface area contributed by atoms with E-state index in [9.17, 15) is 0 Å². The topological polar surface area (TPSA) is 12.0 Å². The Hall–Kier alpha value is -1.02. The van der Waals surface area contributed by atoms with E-state index in [1.165, 1.54) is 11.1 Å². The second-order valence-electron chi connectivity index (χ2n) is 5.30. The normalized spacial score (nSPS) is 12.4. The predicted octanol–water partition coefficient (Wildman–Crippen LogP) is 5.24. The van der Waals surface area contributed by atoms with Crippen LogP contribution < -0.4 is 5.32 Å². The van der Waals surface area contributed by atoms with Crippen LogP contribution in [-0.4, -0.2) is 13.1 Å². The number of benzene rings is 2. The second-order valence-corrected chi connectivity index (χ2v) is 6.14. The Morgan fingerprint density at radius 2 is 1.86 bits per heavy atom. The summed E-state index contributed by atoms with van der Waals surface area (Å²) in [6.07, 6.45) is 0.911. The summed E-state index contributed by atoms with van der Waals surface area (Å²) < 4.78 is 0. The molecule has 0 saturated carbocycles. The molecular formula is C18H21Cl2N. The van der Waals surface area contributed by atoms with Crippen LogP contribution in [0.5, 0.6) is 0 Å². The molecule has 0 spiro atoms.